The third-order valence-corrected chi connectivity index (χ3v) is 6.69. The third kappa shape index (κ3) is 5.06. The number of nitrogens with one attached hydrogen (secondary N) is 2. The summed E-state index contributed by atoms with van der Waals surface area (Å²) >= 11 is 0. The zero-order valence-corrected chi connectivity index (χ0v) is 20.7. The minimum atomic E-state index is -0.0172. The van der Waals surface area contributed by atoms with Crippen molar-refractivity contribution >= 4 is 22.8 Å². The van der Waals surface area contributed by atoms with Gasteiger partial charge in [0.15, 0.2) is 0 Å². The first kappa shape index (κ1) is 23.1. The molecule has 0 amide bonds. The Morgan fingerprint density at radius 1 is 1.14 bits per heavy atom. The molecule has 5 rings (SSSR count). The molecule has 3 aromatic rings. The van der Waals surface area contributed by atoms with Crippen LogP contribution in [0.2, 0.25) is 0 Å². The highest BCUT2D eigenvalue weighted by Crippen LogP contribution is 2.34. The number of fused-ring (bicyclic) bond motifs is 1. The number of aromatic nitrogens is 1. The van der Waals surface area contributed by atoms with E-state index >= 15 is 0 Å². The van der Waals surface area contributed by atoms with Gasteiger partial charge in [0.05, 0.1) is 25.4 Å². The standard InChI is InChI=1S/C29H34N4O2/c1-4-35-29-18(2)13-24(33-28(29)21-6-10-25-20(16-21)11-12-31-25)7-5-19-14-22(17-32-23-8-9-23)27(30)26(15-19)34-3/h6,10-17,23,28,31,33H,4-5,7-9,30H2,1-3H3. The molecular formula is C29H34N4O2. The molecule has 4 N–H and O–H groups in total. The number of hydrogen-bond acceptors (Lipinski definition) is 5. The van der Waals surface area contributed by atoms with Crippen LogP contribution in [0.1, 0.15) is 55.8 Å². The number of dihydropyridines is 1. The van der Waals surface area contributed by atoms with E-state index in [4.69, 9.17) is 15.2 Å². The molecule has 6 nitrogen and oxygen atoms in total. The number of nitrogens with two attached hydrogens (primary N) is 1. The monoisotopic (exact) mass is 470 g/mol. The fourth-order valence-corrected chi connectivity index (χ4v) is 4.65. The molecule has 1 unspecified atom stereocenters. The SMILES string of the molecule is CCOC1=C(C)C=C(CCc2cc(C=NC3CC3)c(N)c(OC)c2)NC1c1ccc2[nH]ccc2c1. The van der Waals surface area contributed by atoms with Crippen LogP contribution >= 0.6 is 0 Å². The maximum Gasteiger partial charge on any atom is 0.142 e. The summed E-state index contributed by atoms with van der Waals surface area (Å²) in [5.41, 5.74) is 13.8. The predicted octanol–water partition coefficient (Wildman–Crippen LogP) is 5.81. The number of allylic oxidation sites excluding steroid dienone is 3. The van der Waals surface area contributed by atoms with E-state index in [2.05, 4.69) is 58.6 Å². The molecular weight excluding hydrogens is 436 g/mol. The summed E-state index contributed by atoms with van der Waals surface area (Å²) in [5, 5.41) is 4.95. The van der Waals surface area contributed by atoms with E-state index in [0.717, 1.165) is 35.3 Å². The predicted molar refractivity (Wildman–Crippen MR) is 143 cm³/mol. The van der Waals surface area contributed by atoms with Crippen LogP contribution in [0.3, 0.4) is 0 Å². The molecule has 0 saturated heterocycles. The van der Waals surface area contributed by atoms with Gasteiger partial charge in [-0.2, -0.15) is 0 Å². The maximum atomic E-state index is 6.32. The molecule has 0 bridgehead atoms. The van der Waals surface area contributed by atoms with Crippen molar-refractivity contribution < 1.29 is 9.47 Å². The highest BCUT2D eigenvalue weighted by Gasteiger charge is 2.25. The lowest BCUT2D eigenvalue weighted by Gasteiger charge is -2.30. The first-order valence-corrected chi connectivity index (χ1v) is 12.4. The molecule has 182 valence electrons. The van der Waals surface area contributed by atoms with Gasteiger partial charge < -0.3 is 25.5 Å². The summed E-state index contributed by atoms with van der Waals surface area (Å²) in [6.07, 6.45) is 10.2. The second kappa shape index (κ2) is 9.90. The molecule has 0 spiro atoms. The minimum absolute atomic E-state index is 0.0172. The summed E-state index contributed by atoms with van der Waals surface area (Å²) in [6.45, 7) is 4.80. The normalized spacial score (nSPS) is 18.1. The van der Waals surface area contributed by atoms with Crippen molar-refractivity contribution in [3.05, 3.63) is 82.4 Å². The van der Waals surface area contributed by atoms with Gasteiger partial charge in [-0.25, -0.2) is 0 Å². The van der Waals surface area contributed by atoms with E-state index in [0.29, 0.717) is 24.1 Å². The summed E-state index contributed by atoms with van der Waals surface area (Å²) in [4.78, 5) is 7.90. The minimum Gasteiger partial charge on any atom is -0.495 e. The van der Waals surface area contributed by atoms with Crippen molar-refractivity contribution in [2.75, 3.05) is 19.5 Å². The molecule has 1 atom stereocenters. The Labute approximate surface area is 206 Å². The van der Waals surface area contributed by atoms with Gasteiger partial charge in [0.1, 0.15) is 17.6 Å². The smallest absolute Gasteiger partial charge is 0.142 e. The lowest BCUT2D eigenvalue weighted by atomic mass is 9.95. The zero-order valence-electron chi connectivity index (χ0n) is 20.7. The average Bonchev–Trinajstić information content (AvgIpc) is 3.58. The molecule has 35 heavy (non-hydrogen) atoms. The Balaban J connectivity index is 1.38. The number of anilines is 1. The van der Waals surface area contributed by atoms with Crippen LogP contribution in [-0.4, -0.2) is 31.0 Å². The van der Waals surface area contributed by atoms with Gasteiger partial charge in [-0.1, -0.05) is 6.07 Å². The number of aliphatic imine (C=N–C) groups is 1. The van der Waals surface area contributed by atoms with Crippen LogP contribution in [0.4, 0.5) is 5.69 Å². The number of hydrogen-bond donors (Lipinski definition) is 3. The summed E-state index contributed by atoms with van der Waals surface area (Å²) in [6, 6.07) is 13.3. The summed E-state index contributed by atoms with van der Waals surface area (Å²) in [5.74, 6) is 1.69. The highest BCUT2D eigenvalue weighted by molar-refractivity contribution is 5.89. The molecule has 2 heterocycles. The third-order valence-electron chi connectivity index (χ3n) is 6.69. The second-order valence-electron chi connectivity index (χ2n) is 9.36. The molecule has 2 aliphatic rings. The van der Waals surface area contributed by atoms with Gasteiger partial charge in [0.2, 0.25) is 0 Å². The number of rotatable bonds is 9. The fourth-order valence-electron chi connectivity index (χ4n) is 4.65. The Bertz CT molecular complexity index is 1310. The largest absolute Gasteiger partial charge is 0.495 e. The lowest BCUT2D eigenvalue weighted by Crippen LogP contribution is -2.28. The van der Waals surface area contributed by atoms with E-state index in [1.807, 2.05) is 25.4 Å². The van der Waals surface area contributed by atoms with Crippen LogP contribution in [0.5, 0.6) is 5.75 Å². The van der Waals surface area contributed by atoms with Crippen molar-refractivity contribution in [2.45, 2.75) is 51.6 Å². The van der Waals surface area contributed by atoms with Crippen molar-refractivity contribution in [2.24, 2.45) is 4.99 Å². The van der Waals surface area contributed by atoms with E-state index in [9.17, 15) is 0 Å². The summed E-state index contributed by atoms with van der Waals surface area (Å²) < 4.78 is 11.7. The van der Waals surface area contributed by atoms with Crippen molar-refractivity contribution in [1.29, 1.82) is 0 Å². The molecule has 1 aromatic heterocycles. The second-order valence-corrected chi connectivity index (χ2v) is 9.36. The van der Waals surface area contributed by atoms with Crippen LogP contribution in [0.15, 0.2) is 70.7 Å². The van der Waals surface area contributed by atoms with Crippen molar-refractivity contribution in [3.63, 3.8) is 0 Å². The van der Waals surface area contributed by atoms with Gasteiger partial charge in [0.25, 0.3) is 0 Å². The van der Waals surface area contributed by atoms with Crippen LogP contribution in [0.25, 0.3) is 10.9 Å². The van der Waals surface area contributed by atoms with Gasteiger partial charge in [-0.3, -0.25) is 4.99 Å². The molecule has 1 aliphatic carbocycles. The first-order valence-electron chi connectivity index (χ1n) is 12.4. The lowest BCUT2D eigenvalue weighted by molar-refractivity contribution is 0.197. The maximum absolute atomic E-state index is 6.32. The van der Waals surface area contributed by atoms with Gasteiger partial charge in [-0.15, -0.1) is 0 Å². The topological polar surface area (TPSA) is 84.7 Å². The van der Waals surface area contributed by atoms with Gasteiger partial charge >= 0.3 is 0 Å². The molecule has 0 radical (unpaired) electrons. The number of aromatic amines is 1. The number of benzene rings is 2. The molecule has 1 aliphatic heterocycles. The van der Waals surface area contributed by atoms with E-state index in [-0.39, 0.29) is 6.04 Å². The average molecular weight is 471 g/mol. The number of H-pyrrole nitrogens is 1. The Hall–Kier alpha value is -3.67. The fraction of sp³-hybridized carbons (Fsp3) is 0.345. The van der Waals surface area contributed by atoms with Gasteiger partial charge in [-0.05, 0) is 98.0 Å². The Kier molecular flexibility index (Phi) is 6.53. The zero-order chi connectivity index (χ0) is 24.4. The quantitative estimate of drug-likeness (QED) is 0.272. The number of nitrogens with zero attached hydrogens (tertiary/aromatic N) is 1. The van der Waals surface area contributed by atoms with E-state index in [1.165, 1.54) is 35.1 Å². The summed E-state index contributed by atoms with van der Waals surface area (Å²) in [7, 11) is 1.66. The van der Waals surface area contributed by atoms with Gasteiger partial charge in [0, 0.05) is 29.2 Å². The highest BCUT2D eigenvalue weighted by atomic mass is 16.5. The Morgan fingerprint density at radius 3 is 2.77 bits per heavy atom. The molecule has 1 saturated carbocycles. The van der Waals surface area contributed by atoms with E-state index < -0.39 is 0 Å². The molecule has 2 aromatic carbocycles. The number of methoxy groups -OCH3 is 1. The Morgan fingerprint density at radius 2 is 2.00 bits per heavy atom. The van der Waals surface area contributed by atoms with Crippen LogP contribution < -0.4 is 15.8 Å². The number of nitrogen functional groups attached to an aromatic ring is 1. The molecule has 1 fully saturated rings. The van der Waals surface area contributed by atoms with Crippen molar-refractivity contribution in [3.8, 4) is 5.75 Å². The number of aryl methyl sites for hydroxylation is 1. The van der Waals surface area contributed by atoms with Crippen LogP contribution in [-0.2, 0) is 11.2 Å². The number of ether oxygens (including phenoxy) is 2. The first-order chi connectivity index (χ1) is 17.1. The van der Waals surface area contributed by atoms with Crippen molar-refractivity contribution in [1.82, 2.24) is 10.3 Å². The van der Waals surface area contributed by atoms with Crippen LogP contribution in [0, 0.1) is 0 Å². The molecule has 6 heteroatoms. The van der Waals surface area contributed by atoms with E-state index in [1.54, 1.807) is 7.11 Å².